The van der Waals surface area contributed by atoms with Gasteiger partial charge in [-0.3, -0.25) is 4.79 Å². The number of aromatic hydroxyl groups is 1. The smallest absolute Gasteiger partial charge is 0.272 e. The number of nitrogens with zero attached hydrogens (tertiary/aromatic N) is 2. The van der Waals surface area contributed by atoms with Crippen LogP contribution >= 0.6 is 15.9 Å². The summed E-state index contributed by atoms with van der Waals surface area (Å²) in [5.74, 6) is -0.305. The van der Waals surface area contributed by atoms with Gasteiger partial charge in [-0.05, 0) is 15.9 Å². The van der Waals surface area contributed by atoms with Crippen molar-refractivity contribution in [1.29, 1.82) is 5.26 Å². The molecule has 1 aromatic rings. The Morgan fingerprint density at radius 2 is 2.33 bits per heavy atom. The van der Waals surface area contributed by atoms with Gasteiger partial charge in [0.05, 0.1) is 4.47 Å². The van der Waals surface area contributed by atoms with Crippen molar-refractivity contribution < 1.29 is 5.11 Å². The van der Waals surface area contributed by atoms with E-state index in [0.29, 0.717) is 4.47 Å². The monoisotopic (exact) mass is 228 g/mol. The number of rotatable bonds is 0. The minimum absolute atomic E-state index is 0.244. The summed E-state index contributed by atoms with van der Waals surface area (Å²) in [6.45, 7) is 0. The van der Waals surface area contributed by atoms with Crippen molar-refractivity contribution in [3.63, 3.8) is 0 Å². The first-order valence-electron chi connectivity index (χ1n) is 3.06. The van der Waals surface area contributed by atoms with Crippen molar-refractivity contribution in [3.8, 4) is 11.8 Å². The summed E-state index contributed by atoms with van der Waals surface area (Å²) in [6, 6.07) is 1.63. The van der Waals surface area contributed by atoms with E-state index in [9.17, 15) is 9.90 Å². The summed E-state index contributed by atoms with van der Waals surface area (Å²) in [5, 5.41) is 17.7. The first-order chi connectivity index (χ1) is 5.57. The van der Waals surface area contributed by atoms with Crippen LogP contribution in [-0.4, -0.2) is 9.67 Å². The molecule has 0 unspecified atom stereocenters. The molecule has 62 valence electrons. The van der Waals surface area contributed by atoms with Gasteiger partial charge in [-0.15, -0.1) is 0 Å². The third kappa shape index (κ3) is 1.21. The van der Waals surface area contributed by atoms with Crippen molar-refractivity contribution in [3.05, 3.63) is 26.6 Å². The lowest BCUT2D eigenvalue weighted by Gasteiger charge is -2.01. The summed E-state index contributed by atoms with van der Waals surface area (Å²) in [7, 11) is 1.51. The average molecular weight is 229 g/mol. The van der Waals surface area contributed by atoms with Crippen LogP contribution in [0, 0.1) is 11.3 Å². The predicted octanol–water partition coefficient (Wildman–Crippen LogP) is 0.725. The Bertz CT molecular complexity index is 417. The summed E-state index contributed by atoms with van der Waals surface area (Å²) in [6.07, 6.45) is 1.40. The van der Waals surface area contributed by atoms with Gasteiger partial charge in [0.15, 0.2) is 11.3 Å². The van der Waals surface area contributed by atoms with E-state index in [1.165, 1.54) is 17.8 Å². The Morgan fingerprint density at radius 3 is 2.83 bits per heavy atom. The largest absolute Gasteiger partial charge is 0.505 e. The van der Waals surface area contributed by atoms with Crippen LogP contribution in [0.5, 0.6) is 5.75 Å². The maximum atomic E-state index is 11.1. The van der Waals surface area contributed by atoms with Gasteiger partial charge in [-0.25, -0.2) is 0 Å². The van der Waals surface area contributed by atoms with Crippen molar-refractivity contribution in [1.82, 2.24) is 4.57 Å². The van der Waals surface area contributed by atoms with E-state index in [1.807, 2.05) is 0 Å². The van der Waals surface area contributed by atoms with Crippen molar-refractivity contribution in [2.75, 3.05) is 0 Å². The summed E-state index contributed by atoms with van der Waals surface area (Å²) in [4.78, 5) is 11.1. The molecular weight excluding hydrogens is 224 g/mol. The first kappa shape index (κ1) is 8.81. The molecule has 4 nitrogen and oxygen atoms in total. The maximum Gasteiger partial charge on any atom is 0.272 e. The fraction of sp³-hybridized carbons (Fsp3) is 0.143. The topological polar surface area (TPSA) is 66.0 Å². The highest BCUT2D eigenvalue weighted by Gasteiger charge is 2.10. The molecule has 0 saturated heterocycles. The fourth-order valence-electron chi connectivity index (χ4n) is 0.788. The molecule has 1 rings (SSSR count). The second-order valence-electron chi connectivity index (χ2n) is 2.23. The maximum absolute atomic E-state index is 11.1. The lowest BCUT2D eigenvalue weighted by Crippen LogP contribution is -2.18. The van der Waals surface area contributed by atoms with Gasteiger partial charge in [-0.1, -0.05) is 0 Å². The number of pyridine rings is 1. The number of nitriles is 1. The van der Waals surface area contributed by atoms with Crippen LogP contribution in [0.3, 0.4) is 0 Å². The van der Waals surface area contributed by atoms with Gasteiger partial charge in [0, 0.05) is 13.2 Å². The fourth-order valence-corrected chi connectivity index (χ4v) is 1.29. The third-order valence-electron chi connectivity index (χ3n) is 1.42. The zero-order valence-electron chi connectivity index (χ0n) is 6.21. The van der Waals surface area contributed by atoms with E-state index in [1.54, 1.807) is 6.07 Å². The summed E-state index contributed by atoms with van der Waals surface area (Å²) < 4.78 is 1.56. The average Bonchev–Trinajstić information content (AvgIpc) is 2.02. The van der Waals surface area contributed by atoms with Gasteiger partial charge in [0.2, 0.25) is 0 Å². The molecule has 5 heteroatoms. The molecule has 0 saturated carbocycles. The van der Waals surface area contributed by atoms with Gasteiger partial charge >= 0.3 is 0 Å². The van der Waals surface area contributed by atoms with E-state index >= 15 is 0 Å². The SMILES string of the molecule is Cn1cc(Br)c(O)c(C#N)c1=O. The molecule has 1 N–H and O–H groups in total. The highest BCUT2D eigenvalue weighted by molar-refractivity contribution is 9.10. The number of aromatic nitrogens is 1. The Balaban J connectivity index is 3.68. The second-order valence-corrected chi connectivity index (χ2v) is 3.08. The molecule has 0 aliphatic rings. The zero-order chi connectivity index (χ0) is 9.30. The van der Waals surface area contributed by atoms with E-state index in [-0.39, 0.29) is 11.3 Å². The van der Waals surface area contributed by atoms with Gasteiger partial charge in [-0.2, -0.15) is 5.26 Å². The van der Waals surface area contributed by atoms with Gasteiger partial charge in [0.1, 0.15) is 6.07 Å². The Morgan fingerprint density at radius 1 is 1.75 bits per heavy atom. The van der Waals surface area contributed by atoms with Crippen LogP contribution in [0.15, 0.2) is 15.5 Å². The van der Waals surface area contributed by atoms with E-state index in [4.69, 9.17) is 5.26 Å². The molecule has 0 aliphatic carbocycles. The quantitative estimate of drug-likeness (QED) is 0.712. The molecule has 12 heavy (non-hydrogen) atoms. The Kier molecular flexibility index (Phi) is 2.20. The van der Waals surface area contributed by atoms with Crippen LogP contribution in [0.2, 0.25) is 0 Å². The third-order valence-corrected chi connectivity index (χ3v) is 2.00. The minimum atomic E-state index is -0.502. The Hall–Kier alpha value is -1.28. The van der Waals surface area contributed by atoms with Crippen LogP contribution in [-0.2, 0) is 7.05 Å². The molecule has 0 aliphatic heterocycles. The molecule has 0 spiro atoms. The minimum Gasteiger partial charge on any atom is -0.505 e. The second kappa shape index (κ2) is 2.99. The van der Waals surface area contributed by atoms with Crippen LogP contribution < -0.4 is 5.56 Å². The molecule has 0 amide bonds. The number of aryl methyl sites for hydroxylation is 1. The normalized spacial score (nSPS) is 9.42. The van der Waals surface area contributed by atoms with Gasteiger partial charge in [0.25, 0.3) is 5.56 Å². The molecule has 0 radical (unpaired) electrons. The molecule has 0 bridgehead atoms. The molecule has 0 fully saturated rings. The Labute approximate surface area is 76.8 Å². The first-order valence-corrected chi connectivity index (χ1v) is 3.85. The van der Waals surface area contributed by atoms with E-state index in [0.717, 1.165) is 0 Å². The van der Waals surface area contributed by atoms with E-state index in [2.05, 4.69) is 15.9 Å². The lowest BCUT2D eigenvalue weighted by atomic mass is 10.3. The summed E-state index contributed by atoms with van der Waals surface area (Å²) >= 11 is 3.01. The number of halogens is 1. The summed E-state index contributed by atoms with van der Waals surface area (Å²) in [5.41, 5.74) is -0.745. The molecular formula is C7H5BrN2O2. The van der Waals surface area contributed by atoms with Crippen molar-refractivity contribution >= 4 is 15.9 Å². The van der Waals surface area contributed by atoms with E-state index < -0.39 is 5.56 Å². The van der Waals surface area contributed by atoms with Gasteiger partial charge < -0.3 is 9.67 Å². The predicted molar refractivity (Wildman–Crippen MR) is 45.8 cm³/mol. The van der Waals surface area contributed by atoms with Crippen LogP contribution in [0.4, 0.5) is 0 Å². The number of hydrogen-bond donors (Lipinski definition) is 1. The van der Waals surface area contributed by atoms with Crippen LogP contribution in [0.1, 0.15) is 5.56 Å². The molecule has 1 heterocycles. The van der Waals surface area contributed by atoms with Crippen LogP contribution in [0.25, 0.3) is 0 Å². The molecule has 0 atom stereocenters. The zero-order valence-corrected chi connectivity index (χ0v) is 7.79. The molecule has 1 aromatic heterocycles. The molecule has 0 aromatic carbocycles. The highest BCUT2D eigenvalue weighted by Crippen LogP contribution is 2.23. The lowest BCUT2D eigenvalue weighted by molar-refractivity contribution is 0.466. The van der Waals surface area contributed by atoms with Crippen molar-refractivity contribution in [2.24, 2.45) is 7.05 Å². The number of hydrogen-bond acceptors (Lipinski definition) is 3. The highest BCUT2D eigenvalue weighted by atomic mass is 79.9. The standard InChI is InChI=1S/C7H5BrN2O2/c1-10-3-5(8)6(11)4(2-9)7(10)12/h3,11H,1H3. The van der Waals surface area contributed by atoms with Crippen molar-refractivity contribution in [2.45, 2.75) is 0 Å².